The minimum Gasteiger partial charge on any atom is -0.508 e. The van der Waals surface area contributed by atoms with Crippen molar-refractivity contribution >= 4 is 16.1 Å². The molecule has 0 unspecified atom stereocenters. The molecule has 2 aliphatic rings. The van der Waals surface area contributed by atoms with Crippen molar-refractivity contribution in [3.8, 4) is 11.4 Å². The smallest absolute Gasteiger partial charge is 0.246 e. The molecule has 1 fully saturated rings. The van der Waals surface area contributed by atoms with E-state index in [9.17, 15) is 22.3 Å². The lowest BCUT2D eigenvalue weighted by atomic mass is 9.70. The number of rotatable bonds is 8. The van der Waals surface area contributed by atoms with Crippen LogP contribution in [-0.2, 0) is 22.9 Å². The summed E-state index contributed by atoms with van der Waals surface area (Å²) < 4.78 is 59.2. The van der Waals surface area contributed by atoms with Gasteiger partial charge in [-0.1, -0.05) is 42.8 Å². The van der Waals surface area contributed by atoms with Crippen LogP contribution in [0.3, 0.4) is 0 Å². The molecule has 4 aromatic rings. The summed E-state index contributed by atoms with van der Waals surface area (Å²) in [4.78, 5) is -0.345. The van der Waals surface area contributed by atoms with Gasteiger partial charge in [-0.05, 0) is 96.7 Å². The van der Waals surface area contributed by atoms with E-state index in [1.54, 1.807) is 36.4 Å². The fraction of sp³-hybridized carbons (Fsp3) is 0.281. The Balaban J connectivity index is 1.31. The van der Waals surface area contributed by atoms with Crippen LogP contribution in [0, 0.1) is 23.0 Å². The highest BCUT2D eigenvalue weighted by Gasteiger charge is 2.47. The molecular weight excluding hydrogens is 544 g/mol. The number of hydrogen-bond acceptors (Lipinski definition) is 4. The normalized spacial score (nSPS) is 20.1. The van der Waals surface area contributed by atoms with E-state index in [4.69, 9.17) is 0 Å². The Labute approximate surface area is 238 Å². The van der Waals surface area contributed by atoms with Gasteiger partial charge in [-0.15, -0.1) is 0 Å². The summed E-state index contributed by atoms with van der Waals surface area (Å²) in [5.74, 6) is -1.00. The van der Waals surface area contributed by atoms with Gasteiger partial charge in [0.25, 0.3) is 0 Å². The maximum atomic E-state index is 14.8. The third kappa shape index (κ3) is 4.97. The summed E-state index contributed by atoms with van der Waals surface area (Å²) >= 11 is 0. The van der Waals surface area contributed by atoms with Crippen LogP contribution in [-0.4, -0.2) is 40.7 Å². The van der Waals surface area contributed by atoms with E-state index in [1.807, 2.05) is 10.9 Å². The van der Waals surface area contributed by atoms with E-state index in [0.29, 0.717) is 18.4 Å². The molecule has 6 rings (SSSR count). The lowest BCUT2D eigenvalue weighted by Gasteiger charge is -2.38. The summed E-state index contributed by atoms with van der Waals surface area (Å²) in [7, 11) is -4.15. The predicted molar refractivity (Wildman–Crippen MR) is 153 cm³/mol. The molecule has 2 aliphatic carbocycles. The Morgan fingerprint density at radius 1 is 1.05 bits per heavy atom. The second-order valence-electron chi connectivity index (χ2n) is 11.1. The molecule has 0 radical (unpaired) electrons. The lowest BCUT2D eigenvalue weighted by Crippen LogP contribution is -2.42. The van der Waals surface area contributed by atoms with E-state index >= 15 is 0 Å². The van der Waals surface area contributed by atoms with Gasteiger partial charge >= 0.3 is 0 Å². The average molecular weight is 576 g/mol. The third-order valence-electron chi connectivity index (χ3n) is 8.72. The quantitative estimate of drug-likeness (QED) is 0.274. The van der Waals surface area contributed by atoms with Gasteiger partial charge < -0.3 is 5.11 Å². The van der Waals surface area contributed by atoms with Gasteiger partial charge in [0, 0.05) is 13.1 Å². The van der Waals surface area contributed by atoms with Crippen molar-refractivity contribution in [3.05, 3.63) is 113 Å². The monoisotopic (exact) mass is 575 g/mol. The van der Waals surface area contributed by atoms with Crippen LogP contribution >= 0.6 is 0 Å². The highest BCUT2D eigenvalue weighted by molar-refractivity contribution is 7.89. The van der Waals surface area contributed by atoms with Gasteiger partial charge in [-0.25, -0.2) is 21.9 Å². The number of aromatic hydroxyl groups is 1. The second-order valence-corrected chi connectivity index (χ2v) is 13.0. The van der Waals surface area contributed by atoms with Crippen LogP contribution in [0.15, 0.2) is 89.5 Å². The van der Waals surface area contributed by atoms with Crippen molar-refractivity contribution < 1.29 is 22.3 Å². The maximum Gasteiger partial charge on any atom is 0.246 e. The van der Waals surface area contributed by atoms with Crippen LogP contribution in [0.4, 0.5) is 8.78 Å². The molecule has 1 N–H and O–H groups in total. The van der Waals surface area contributed by atoms with Crippen molar-refractivity contribution in [2.24, 2.45) is 11.3 Å². The first kappa shape index (κ1) is 27.4. The molecule has 0 amide bonds. The van der Waals surface area contributed by atoms with Gasteiger partial charge in [0.2, 0.25) is 10.0 Å². The maximum absolute atomic E-state index is 14.8. The van der Waals surface area contributed by atoms with Gasteiger partial charge in [0.1, 0.15) is 22.3 Å². The molecule has 0 saturated heterocycles. The predicted octanol–water partition coefficient (Wildman–Crippen LogP) is 6.15. The van der Waals surface area contributed by atoms with E-state index in [-0.39, 0.29) is 40.9 Å². The SMILES string of the molecule is C[C@]12Cc3cnn(-c4ccc(F)cc4)c3C=C1CC[C@@H]2CN(CCc1ccccc1O)S(=O)(=O)c1ccccc1F. The molecule has 1 aromatic heterocycles. The Bertz CT molecular complexity index is 1730. The number of para-hydroxylation sites is 1. The average Bonchev–Trinajstić information content (AvgIpc) is 3.50. The Kier molecular flexibility index (Phi) is 7.03. The summed E-state index contributed by atoms with van der Waals surface area (Å²) in [6, 6.07) is 18.5. The number of phenolic OH excluding ortho intramolecular Hbond substituents is 1. The summed E-state index contributed by atoms with van der Waals surface area (Å²) in [5.41, 5.74) is 4.33. The lowest BCUT2D eigenvalue weighted by molar-refractivity contribution is 0.221. The molecule has 0 bridgehead atoms. The van der Waals surface area contributed by atoms with Crippen LogP contribution in [0.5, 0.6) is 5.75 Å². The largest absolute Gasteiger partial charge is 0.508 e. The third-order valence-corrected chi connectivity index (χ3v) is 10.6. The molecule has 2 atom stereocenters. The first-order chi connectivity index (χ1) is 19.7. The van der Waals surface area contributed by atoms with Crippen molar-refractivity contribution in [2.45, 2.75) is 37.5 Å². The molecule has 41 heavy (non-hydrogen) atoms. The number of sulfonamides is 1. The molecule has 1 heterocycles. The van der Waals surface area contributed by atoms with Crippen LogP contribution in [0.2, 0.25) is 0 Å². The standard InChI is InChI=1S/C32H31F2N3O3S/c1-32-19-23-20-35-37(27-14-12-26(33)13-15-27)29(23)18-24(32)10-11-25(32)21-36(17-16-22-6-2-4-8-30(22)38)41(39,40)31-9-5-3-7-28(31)34/h2-9,12-15,18,20,25,38H,10-11,16-17,19,21H2,1H3/t25-,32+/m1/s1. The van der Waals surface area contributed by atoms with E-state index < -0.39 is 15.8 Å². The number of phenols is 1. The Morgan fingerprint density at radius 2 is 1.78 bits per heavy atom. The van der Waals surface area contributed by atoms with Crippen LogP contribution in [0.1, 0.15) is 36.6 Å². The molecule has 6 nitrogen and oxygen atoms in total. The number of benzene rings is 3. The van der Waals surface area contributed by atoms with Gasteiger partial charge in [-0.3, -0.25) is 0 Å². The zero-order chi connectivity index (χ0) is 28.8. The van der Waals surface area contributed by atoms with E-state index in [0.717, 1.165) is 35.9 Å². The van der Waals surface area contributed by atoms with Crippen LogP contribution < -0.4 is 0 Å². The number of fused-ring (bicyclic) bond motifs is 2. The zero-order valence-corrected chi connectivity index (χ0v) is 23.5. The minimum atomic E-state index is -4.15. The van der Waals surface area contributed by atoms with Gasteiger partial charge in [-0.2, -0.15) is 9.40 Å². The fourth-order valence-corrected chi connectivity index (χ4v) is 7.88. The minimum absolute atomic E-state index is 0.0120. The molecule has 9 heteroatoms. The highest BCUT2D eigenvalue weighted by Crippen LogP contribution is 2.53. The number of allylic oxidation sites excluding steroid dienone is 1. The highest BCUT2D eigenvalue weighted by atomic mass is 32.2. The molecular formula is C32H31F2N3O3S. The van der Waals surface area contributed by atoms with Crippen molar-refractivity contribution in [1.82, 2.24) is 14.1 Å². The molecule has 212 valence electrons. The molecule has 0 aliphatic heterocycles. The van der Waals surface area contributed by atoms with Gasteiger partial charge in [0.15, 0.2) is 0 Å². The Morgan fingerprint density at radius 3 is 2.54 bits per heavy atom. The number of nitrogens with zero attached hydrogens (tertiary/aromatic N) is 3. The van der Waals surface area contributed by atoms with Crippen molar-refractivity contribution in [2.75, 3.05) is 13.1 Å². The zero-order valence-electron chi connectivity index (χ0n) is 22.7. The van der Waals surface area contributed by atoms with E-state index in [2.05, 4.69) is 18.1 Å². The molecule has 1 saturated carbocycles. The molecule has 0 spiro atoms. The second kappa shape index (κ2) is 10.5. The Hall–Kier alpha value is -3.82. The first-order valence-electron chi connectivity index (χ1n) is 13.7. The van der Waals surface area contributed by atoms with Crippen molar-refractivity contribution in [1.29, 1.82) is 0 Å². The summed E-state index contributed by atoms with van der Waals surface area (Å²) in [6.07, 6.45) is 6.55. The fourth-order valence-electron chi connectivity index (χ4n) is 6.33. The topological polar surface area (TPSA) is 75.4 Å². The number of aromatic nitrogens is 2. The van der Waals surface area contributed by atoms with Gasteiger partial charge in [0.05, 0.1) is 17.6 Å². The van der Waals surface area contributed by atoms with E-state index in [1.165, 1.54) is 40.2 Å². The number of halogens is 2. The summed E-state index contributed by atoms with van der Waals surface area (Å²) in [5, 5.41) is 14.9. The van der Waals surface area contributed by atoms with Crippen molar-refractivity contribution in [3.63, 3.8) is 0 Å². The van der Waals surface area contributed by atoms with Crippen LogP contribution in [0.25, 0.3) is 11.8 Å². The molecule has 3 aromatic carbocycles. The number of hydrogen-bond donors (Lipinski definition) is 1. The summed E-state index contributed by atoms with van der Waals surface area (Å²) in [6.45, 7) is 2.50. The first-order valence-corrected chi connectivity index (χ1v) is 15.2.